The quantitative estimate of drug-likeness (QED) is 0.328. The van der Waals surface area contributed by atoms with Crippen LogP contribution in [0.4, 0.5) is 0 Å². The zero-order chi connectivity index (χ0) is 26.3. The van der Waals surface area contributed by atoms with Crippen LogP contribution in [0.25, 0.3) is 11.1 Å². The molecule has 0 bridgehead atoms. The van der Waals surface area contributed by atoms with E-state index in [1.807, 2.05) is 67.6 Å². The molecule has 7 heteroatoms. The highest BCUT2D eigenvalue weighted by Gasteiger charge is 2.39. The van der Waals surface area contributed by atoms with Crippen LogP contribution in [0.2, 0.25) is 5.02 Å². The highest BCUT2D eigenvalue weighted by molar-refractivity contribution is 6.30. The number of carboxylic acid groups (broad SMARTS) is 1. The van der Waals surface area contributed by atoms with Crippen molar-refractivity contribution in [2.75, 3.05) is 13.2 Å². The third-order valence-corrected chi connectivity index (χ3v) is 6.34. The maximum Gasteiger partial charge on any atom is 0.338 e. The van der Waals surface area contributed by atoms with Crippen LogP contribution < -0.4 is 4.74 Å². The van der Waals surface area contributed by atoms with Gasteiger partial charge in [-0.1, -0.05) is 54.1 Å². The van der Waals surface area contributed by atoms with Crippen molar-refractivity contribution in [3.05, 3.63) is 101 Å². The van der Waals surface area contributed by atoms with E-state index in [1.165, 1.54) is 0 Å². The molecule has 6 nitrogen and oxygen atoms in total. The Balaban J connectivity index is 1.56. The summed E-state index contributed by atoms with van der Waals surface area (Å²) in [6.07, 6.45) is 5.90. The molecule has 0 radical (unpaired) electrons. The number of carbonyl (C=O) groups excluding carboxylic acids is 1. The van der Waals surface area contributed by atoms with E-state index >= 15 is 0 Å². The Kier molecular flexibility index (Phi) is 8.41. The van der Waals surface area contributed by atoms with Gasteiger partial charge in [-0.15, -0.1) is 0 Å². The maximum absolute atomic E-state index is 13.3. The molecule has 1 unspecified atom stereocenters. The highest BCUT2D eigenvalue weighted by Crippen LogP contribution is 2.33. The molecule has 1 aliphatic rings. The highest BCUT2D eigenvalue weighted by atomic mass is 35.5. The van der Waals surface area contributed by atoms with Crippen LogP contribution in [-0.2, 0) is 33.6 Å². The molecule has 0 aliphatic carbocycles. The van der Waals surface area contributed by atoms with Crippen LogP contribution in [0.5, 0.6) is 5.75 Å². The predicted molar refractivity (Wildman–Crippen MR) is 145 cm³/mol. The second-order valence-corrected chi connectivity index (χ2v) is 9.21. The van der Waals surface area contributed by atoms with E-state index in [9.17, 15) is 9.59 Å². The molecule has 0 amide bonds. The fourth-order valence-electron chi connectivity index (χ4n) is 4.28. The van der Waals surface area contributed by atoms with Gasteiger partial charge in [0, 0.05) is 24.1 Å². The third kappa shape index (κ3) is 6.66. The molecule has 4 rings (SSSR count). The summed E-state index contributed by atoms with van der Waals surface area (Å²) in [5.74, 6) is -0.647. The number of allylic oxidation sites excluding steroid dienone is 1. The van der Waals surface area contributed by atoms with E-state index in [2.05, 4.69) is 4.99 Å². The zero-order valence-electron chi connectivity index (χ0n) is 20.5. The summed E-state index contributed by atoms with van der Waals surface area (Å²) < 4.78 is 11.5. The topological polar surface area (TPSA) is 85.2 Å². The van der Waals surface area contributed by atoms with Gasteiger partial charge in [0.1, 0.15) is 5.75 Å². The minimum Gasteiger partial charge on any atom is -0.494 e. The van der Waals surface area contributed by atoms with Crippen molar-refractivity contribution in [2.45, 2.75) is 31.7 Å². The minimum atomic E-state index is -1.18. The van der Waals surface area contributed by atoms with Crippen LogP contribution in [0.1, 0.15) is 23.6 Å². The summed E-state index contributed by atoms with van der Waals surface area (Å²) in [5, 5.41) is 9.82. The number of benzene rings is 3. The Labute approximate surface area is 221 Å². The van der Waals surface area contributed by atoms with Crippen LogP contribution >= 0.6 is 11.6 Å². The monoisotopic (exact) mass is 517 g/mol. The number of halogens is 1. The number of hydrogen-bond acceptors (Lipinski definition) is 5. The van der Waals surface area contributed by atoms with E-state index in [0.717, 1.165) is 22.3 Å². The first-order valence-corrected chi connectivity index (χ1v) is 12.5. The number of ether oxygens (including phenoxy) is 2. The summed E-state index contributed by atoms with van der Waals surface area (Å²) in [7, 11) is 0. The van der Waals surface area contributed by atoms with Gasteiger partial charge in [-0.25, -0.2) is 4.79 Å². The van der Waals surface area contributed by atoms with Crippen molar-refractivity contribution in [1.29, 1.82) is 0 Å². The molecule has 0 aromatic heterocycles. The average molecular weight is 518 g/mol. The molecule has 1 aliphatic heterocycles. The Morgan fingerprint density at radius 2 is 1.78 bits per heavy atom. The van der Waals surface area contributed by atoms with Crippen molar-refractivity contribution in [2.24, 2.45) is 4.99 Å². The smallest absolute Gasteiger partial charge is 0.338 e. The van der Waals surface area contributed by atoms with Gasteiger partial charge in [-0.3, -0.25) is 9.79 Å². The number of carbonyl (C=O) groups is 2. The van der Waals surface area contributed by atoms with Crippen LogP contribution in [-0.4, -0.2) is 42.0 Å². The first-order chi connectivity index (χ1) is 17.9. The molecule has 37 heavy (non-hydrogen) atoms. The van der Waals surface area contributed by atoms with Gasteiger partial charge >= 0.3 is 11.9 Å². The van der Waals surface area contributed by atoms with E-state index in [0.29, 0.717) is 29.4 Å². The summed E-state index contributed by atoms with van der Waals surface area (Å²) >= 11 is 5.95. The van der Waals surface area contributed by atoms with E-state index in [4.69, 9.17) is 26.2 Å². The normalized spacial score (nSPS) is 16.1. The van der Waals surface area contributed by atoms with Gasteiger partial charge in [0.05, 0.1) is 19.6 Å². The van der Waals surface area contributed by atoms with Crippen LogP contribution in [0, 0.1) is 0 Å². The van der Waals surface area contributed by atoms with Crippen molar-refractivity contribution in [1.82, 2.24) is 0 Å². The Morgan fingerprint density at radius 1 is 1.00 bits per heavy atom. The number of esters is 1. The first kappa shape index (κ1) is 26.2. The van der Waals surface area contributed by atoms with Crippen molar-refractivity contribution >= 4 is 29.8 Å². The number of nitrogens with zero attached hydrogens (tertiary/aromatic N) is 1. The van der Waals surface area contributed by atoms with Gasteiger partial charge in [-0.05, 0) is 71.2 Å². The molecular formula is C30H28ClNO5. The maximum atomic E-state index is 13.3. The first-order valence-electron chi connectivity index (χ1n) is 12.1. The number of hydrogen-bond donors (Lipinski definition) is 1. The lowest BCUT2D eigenvalue weighted by Gasteiger charge is -2.24. The summed E-state index contributed by atoms with van der Waals surface area (Å²) in [6, 6.07) is 20.6. The van der Waals surface area contributed by atoms with Crippen molar-refractivity contribution < 1.29 is 24.2 Å². The van der Waals surface area contributed by atoms with Crippen LogP contribution in [0.3, 0.4) is 0 Å². The Hall–Kier alpha value is -3.90. The second kappa shape index (κ2) is 11.9. The Bertz CT molecular complexity index is 1320. The molecule has 1 atom stereocenters. The Morgan fingerprint density at radius 3 is 2.49 bits per heavy atom. The summed E-state index contributed by atoms with van der Waals surface area (Å²) in [5.41, 5.74) is 3.13. The molecule has 3 aromatic carbocycles. The molecule has 0 saturated heterocycles. The lowest BCUT2D eigenvalue weighted by Crippen LogP contribution is -2.38. The molecule has 190 valence electrons. The van der Waals surface area contributed by atoms with Gasteiger partial charge in [0.2, 0.25) is 0 Å². The van der Waals surface area contributed by atoms with E-state index in [1.54, 1.807) is 24.4 Å². The number of carboxylic acids is 1. The fourth-order valence-corrected chi connectivity index (χ4v) is 4.40. The summed E-state index contributed by atoms with van der Waals surface area (Å²) in [4.78, 5) is 28.9. The molecule has 0 spiro atoms. The summed E-state index contributed by atoms with van der Waals surface area (Å²) in [6.45, 7) is 2.60. The van der Waals surface area contributed by atoms with Gasteiger partial charge < -0.3 is 14.6 Å². The molecule has 1 N–H and O–H groups in total. The van der Waals surface area contributed by atoms with E-state index in [-0.39, 0.29) is 19.4 Å². The SMILES string of the molecule is CCOc1ccc(-c2cccc(CC(=O)O)c2)cc1CC1(C(=O)OCCc2ccc(Cl)cc2)C=CC=N1. The third-order valence-electron chi connectivity index (χ3n) is 6.09. The molecule has 1 heterocycles. The molecule has 3 aromatic rings. The number of rotatable bonds is 11. The van der Waals surface area contributed by atoms with E-state index < -0.39 is 17.5 Å². The molecule has 0 saturated carbocycles. The van der Waals surface area contributed by atoms with Crippen molar-refractivity contribution in [3.8, 4) is 16.9 Å². The average Bonchev–Trinajstić information content (AvgIpc) is 3.36. The zero-order valence-corrected chi connectivity index (χ0v) is 21.3. The van der Waals surface area contributed by atoms with Gasteiger partial charge in [-0.2, -0.15) is 0 Å². The fraction of sp³-hybridized carbons (Fsp3) is 0.233. The lowest BCUT2D eigenvalue weighted by atomic mass is 9.89. The minimum absolute atomic E-state index is 0.0534. The predicted octanol–water partition coefficient (Wildman–Crippen LogP) is 5.74. The van der Waals surface area contributed by atoms with Gasteiger partial charge in [0.25, 0.3) is 0 Å². The van der Waals surface area contributed by atoms with Crippen LogP contribution in [0.15, 0.2) is 83.9 Å². The molecular weight excluding hydrogens is 490 g/mol. The van der Waals surface area contributed by atoms with Gasteiger partial charge in [0.15, 0.2) is 5.54 Å². The second-order valence-electron chi connectivity index (χ2n) is 8.78. The number of aliphatic imine (C=N–C) groups is 1. The standard InChI is InChI=1S/C30H28ClNO5/c1-2-36-27-12-9-24(23-6-3-5-22(17-23)18-28(33)34)19-25(27)20-30(14-4-15-32-30)29(35)37-16-13-21-7-10-26(31)11-8-21/h3-12,14-15,17,19H,2,13,16,18,20H2,1H3,(H,33,34). The lowest BCUT2D eigenvalue weighted by molar-refractivity contribution is -0.148. The molecule has 0 fully saturated rings. The largest absolute Gasteiger partial charge is 0.494 e. The number of aliphatic carboxylic acids is 1. The van der Waals surface area contributed by atoms with Crippen molar-refractivity contribution in [3.63, 3.8) is 0 Å².